The third-order valence-corrected chi connectivity index (χ3v) is 3.35. The quantitative estimate of drug-likeness (QED) is 0.797. The van der Waals surface area contributed by atoms with E-state index >= 15 is 0 Å². The van der Waals surface area contributed by atoms with Crippen LogP contribution >= 0.6 is 0 Å². The summed E-state index contributed by atoms with van der Waals surface area (Å²) >= 11 is 0. The van der Waals surface area contributed by atoms with E-state index in [1.54, 1.807) is 11.0 Å². The van der Waals surface area contributed by atoms with Crippen LogP contribution in [0.15, 0.2) is 16.9 Å². The van der Waals surface area contributed by atoms with Crippen molar-refractivity contribution in [1.29, 1.82) is 0 Å². The van der Waals surface area contributed by atoms with E-state index in [4.69, 9.17) is 10.5 Å². The number of rotatable bonds is 3. The van der Waals surface area contributed by atoms with E-state index in [-0.39, 0.29) is 24.6 Å². The lowest BCUT2D eigenvalue weighted by Crippen LogP contribution is -2.44. The molecule has 1 saturated heterocycles. The summed E-state index contributed by atoms with van der Waals surface area (Å²) in [6.45, 7) is 4.36. The van der Waals surface area contributed by atoms with Crippen LogP contribution in [0.4, 0.5) is 0 Å². The monoisotopic (exact) mass is 265 g/mol. The summed E-state index contributed by atoms with van der Waals surface area (Å²) in [4.78, 5) is 26.0. The van der Waals surface area contributed by atoms with Gasteiger partial charge in [-0.05, 0) is 13.0 Å². The van der Waals surface area contributed by atoms with E-state index in [1.165, 1.54) is 4.57 Å². The molecule has 0 atom stereocenters. The lowest BCUT2D eigenvalue weighted by Gasteiger charge is -2.27. The van der Waals surface area contributed by atoms with E-state index in [1.807, 2.05) is 13.0 Å². The zero-order valence-electron chi connectivity index (χ0n) is 11.1. The van der Waals surface area contributed by atoms with Gasteiger partial charge in [0.05, 0.1) is 13.2 Å². The summed E-state index contributed by atoms with van der Waals surface area (Å²) in [6, 6.07) is 3.53. The van der Waals surface area contributed by atoms with Crippen LogP contribution < -0.4 is 11.3 Å². The number of ether oxygens (including phenoxy) is 1. The molecule has 1 aliphatic rings. The molecular weight excluding hydrogens is 246 g/mol. The Morgan fingerprint density at radius 1 is 1.37 bits per heavy atom. The number of carbonyl (C=O) groups is 1. The lowest BCUT2D eigenvalue weighted by molar-refractivity contribution is -0.136. The first kappa shape index (κ1) is 13.8. The molecule has 1 fully saturated rings. The van der Waals surface area contributed by atoms with Gasteiger partial charge in [-0.15, -0.1) is 0 Å². The standard InChI is InChI=1S/C13H19N3O3/c1-10-2-3-11(8-14)13(18)16(10)9-12(17)15-4-6-19-7-5-15/h2-3H,4-9,14H2,1H3. The van der Waals surface area contributed by atoms with Crippen molar-refractivity contribution in [3.63, 3.8) is 0 Å². The number of hydrogen-bond acceptors (Lipinski definition) is 4. The molecule has 0 bridgehead atoms. The van der Waals surface area contributed by atoms with Gasteiger partial charge in [0.2, 0.25) is 5.91 Å². The molecule has 1 aromatic rings. The molecule has 1 amide bonds. The topological polar surface area (TPSA) is 77.6 Å². The third kappa shape index (κ3) is 3.02. The van der Waals surface area contributed by atoms with Crippen molar-refractivity contribution in [1.82, 2.24) is 9.47 Å². The van der Waals surface area contributed by atoms with Gasteiger partial charge in [0.25, 0.3) is 5.56 Å². The Morgan fingerprint density at radius 3 is 2.68 bits per heavy atom. The van der Waals surface area contributed by atoms with Crippen LogP contribution in [0.5, 0.6) is 0 Å². The van der Waals surface area contributed by atoms with Crippen molar-refractivity contribution in [2.75, 3.05) is 26.3 Å². The van der Waals surface area contributed by atoms with Crippen LogP contribution in [0.2, 0.25) is 0 Å². The number of carbonyl (C=O) groups excluding carboxylic acids is 1. The van der Waals surface area contributed by atoms with E-state index in [0.717, 1.165) is 5.69 Å². The van der Waals surface area contributed by atoms with Crippen LogP contribution in [0.3, 0.4) is 0 Å². The van der Waals surface area contributed by atoms with Crippen molar-refractivity contribution in [3.05, 3.63) is 33.7 Å². The smallest absolute Gasteiger partial charge is 0.255 e. The van der Waals surface area contributed by atoms with Crippen LogP contribution in [-0.4, -0.2) is 41.7 Å². The maximum atomic E-state index is 12.2. The number of morpholine rings is 1. The highest BCUT2D eigenvalue weighted by atomic mass is 16.5. The molecule has 1 aliphatic heterocycles. The van der Waals surface area contributed by atoms with Gasteiger partial charge < -0.3 is 19.9 Å². The Balaban J connectivity index is 2.18. The Morgan fingerprint density at radius 2 is 2.05 bits per heavy atom. The van der Waals surface area contributed by atoms with E-state index in [2.05, 4.69) is 0 Å². The maximum absolute atomic E-state index is 12.2. The number of nitrogens with two attached hydrogens (primary N) is 1. The first-order chi connectivity index (χ1) is 9.13. The van der Waals surface area contributed by atoms with E-state index in [0.29, 0.717) is 31.9 Å². The molecule has 0 unspecified atom stereocenters. The molecule has 0 radical (unpaired) electrons. The third-order valence-electron chi connectivity index (χ3n) is 3.35. The van der Waals surface area contributed by atoms with Crippen LogP contribution in [0.1, 0.15) is 11.3 Å². The normalized spacial score (nSPS) is 15.6. The highest BCUT2D eigenvalue weighted by Gasteiger charge is 2.18. The number of nitrogens with zero attached hydrogens (tertiary/aromatic N) is 2. The van der Waals surface area contributed by atoms with Gasteiger partial charge in [-0.25, -0.2) is 0 Å². The first-order valence-electron chi connectivity index (χ1n) is 6.38. The van der Waals surface area contributed by atoms with Crippen LogP contribution in [0.25, 0.3) is 0 Å². The molecule has 6 heteroatoms. The molecule has 2 heterocycles. The van der Waals surface area contributed by atoms with Crippen molar-refractivity contribution in [2.45, 2.75) is 20.0 Å². The summed E-state index contributed by atoms with van der Waals surface area (Å²) in [5.74, 6) is -0.0531. The molecule has 1 aromatic heterocycles. The summed E-state index contributed by atoms with van der Waals surface area (Å²) in [5, 5.41) is 0. The molecule has 6 nitrogen and oxygen atoms in total. The maximum Gasteiger partial charge on any atom is 0.255 e. The van der Waals surface area contributed by atoms with Crippen molar-refractivity contribution >= 4 is 5.91 Å². The Hall–Kier alpha value is -1.66. The fourth-order valence-corrected chi connectivity index (χ4v) is 2.12. The second-order valence-electron chi connectivity index (χ2n) is 4.59. The molecule has 0 spiro atoms. The highest BCUT2D eigenvalue weighted by molar-refractivity contribution is 5.76. The first-order valence-corrected chi connectivity index (χ1v) is 6.38. The molecule has 19 heavy (non-hydrogen) atoms. The van der Waals surface area contributed by atoms with Crippen molar-refractivity contribution < 1.29 is 9.53 Å². The largest absolute Gasteiger partial charge is 0.378 e. The molecule has 2 rings (SSSR count). The van der Waals surface area contributed by atoms with Gasteiger partial charge in [-0.3, -0.25) is 9.59 Å². The van der Waals surface area contributed by atoms with Crippen molar-refractivity contribution in [2.24, 2.45) is 5.73 Å². The second-order valence-corrected chi connectivity index (χ2v) is 4.59. The van der Waals surface area contributed by atoms with Gasteiger partial charge in [0.1, 0.15) is 6.54 Å². The van der Waals surface area contributed by atoms with E-state index in [9.17, 15) is 9.59 Å². The molecular formula is C13H19N3O3. The van der Waals surface area contributed by atoms with E-state index < -0.39 is 0 Å². The van der Waals surface area contributed by atoms with Gasteiger partial charge in [0, 0.05) is 30.9 Å². The van der Waals surface area contributed by atoms with Crippen LogP contribution in [-0.2, 0) is 22.6 Å². The summed E-state index contributed by atoms with van der Waals surface area (Å²) in [6.07, 6.45) is 0. The number of aromatic nitrogens is 1. The molecule has 0 saturated carbocycles. The Bertz CT molecular complexity index is 518. The van der Waals surface area contributed by atoms with Crippen molar-refractivity contribution in [3.8, 4) is 0 Å². The minimum Gasteiger partial charge on any atom is -0.378 e. The highest BCUT2D eigenvalue weighted by Crippen LogP contribution is 2.02. The number of hydrogen-bond donors (Lipinski definition) is 1. The second kappa shape index (κ2) is 5.99. The van der Waals surface area contributed by atoms with Crippen LogP contribution in [0, 0.1) is 6.92 Å². The molecule has 2 N–H and O–H groups in total. The summed E-state index contributed by atoms with van der Waals surface area (Å²) < 4.78 is 6.69. The average molecular weight is 265 g/mol. The summed E-state index contributed by atoms with van der Waals surface area (Å²) in [5.41, 5.74) is 6.64. The van der Waals surface area contributed by atoms with Gasteiger partial charge in [-0.1, -0.05) is 6.07 Å². The minimum absolute atomic E-state index is 0.0531. The van der Waals surface area contributed by atoms with Gasteiger partial charge in [-0.2, -0.15) is 0 Å². The number of amides is 1. The average Bonchev–Trinajstić information content (AvgIpc) is 2.44. The zero-order valence-corrected chi connectivity index (χ0v) is 11.1. The molecule has 104 valence electrons. The minimum atomic E-state index is -0.177. The predicted molar refractivity (Wildman–Crippen MR) is 70.7 cm³/mol. The Kier molecular flexibility index (Phi) is 4.34. The number of pyridine rings is 1. The fraction of sp³-hybridized carbons (Fsp3) is 0.538. The zero-order chi connectivity index (χ0) is 13.8. The Labute approximate surface area is 111 Å². The fourth-order valence-electron chi connectivity index (χ4n) is 2.12. The van der Waals surface area contributed by atoms with Gasteiger partial charge in [0.15, 0.2) is 0 Å². The molecule has 0 aliphatic carbocycles. The van der Waals surface area contributed by atoms with Gasteiger partial charge >= 0.3 is 0 Å². The SMILES string of the molecule is Cc1ccc(CN)c(=O)n1CC(=O)N1CCOCC1. The molecule has 0 aromatic carbocycles. The lowest BCUT2D eigenvalue weighted by atomic mass is 10.2. The predicted octanol–water partition coefficient (Wildman–Crippen LogP) is -0.526. The summed E-state index contributed by atoms with van der Waals surface area (Å²) in [7, 11) is 0. The number of aryl methyl sites for hydroxylation is 1.